The zero-order valence-electron chi connectivity index (χ0n) is 13.7. The van der Waals surface area contributed by atoms with Gasteiger partial charge in [-0.1, -0.05) is 0 Å². The Balaban J connectivity index is 1.81. The molecule has 3 heterocycles. The molecule has 2 saturated heterocycles. The fraction of sp³-hybridized carbons (Fsp3) is 0.647. The van der Waals surface area contributed by atoms with Gasteiger partial charge in [0.2, 0.25) is 5.91 Å². The second-order valence-electron chi connectivity index (χ2n) is 6.85. The molecule has 0 aliphatic carbocycles. The number of carbonyl (C=O) groups is 2. The summed E-state index contributed by atoms with van der Waals surface area (Å²) in [4.78, 5) is 27.0. The first kappa shape index (κ1) is 16.1. The van der Waals surface area contributed by atoms with Crippen molar-refractivity contribution in [1.29, 1.82) is 0 Å². The van der Waals surface area contributed by atoms with Crippen molar-refractivity contribution in [2.45, 2.75) is 32.7 Å². The third kappa shape index (κ3) is 3.13. The van der Waals surface area contributed by atoms with Crippen molar-refractivity contribution in [3.8, 4) is 0 Å². The van der Waals surface area contributed by atoms with E-state index >= 15 is 0 Å². The van der Waals surface area contributed by atoms with Crippen molar-refractivity contribution in [2.24, 2.45) is 11.3 Å². The van der Waals surface area contributed by atoms with Gasteiger partial charge in [0.25, 0.3) is 5.91 Å². The first-order valence-corrected chi connectivity index (χ1v) is 8.23. The quantitative estimate of drug-likeness (QED) is 0.919. The van der Waals surface area contributed by atoms with Crippen molar-refractivity contribution in [2.75, 3.05) is 26.3 Å². The maximum Gasteiger partial charge on any atom is 0.289 e. The Morgan fingerprint density at radius 1 is 1.35 bits per heavy atom. The minimum absolute atomic E-state index is 0.0386. The first-order chi connectivity index (χ1) is 11.0. The van der Waals surface area contributed by atoms with Crippen molar-refractivity contribution in [3.05, 3.63) is 24.2 Å². The minimum atomic E-state index is -0.187. The maximum atomic E-state index is 12.7. The Labute approximate surface area is 136 Å². The summed E-state index contributed by atoms with van der Waals surface area (Å²) in [5, 5.41) is 3.01. The van der Waals surface area contributed by atoms with Gasteiger partial charge in [-0.3, -0.25) is 9.59 Å². The zero-order valence-corrected chi connectivity index (χ0v) is 13.7. The van der Waals surface area contributed by atoms with E-state index in [9.17, 15) is 9.59 Å². The number of likely N-dealkylation sites (tertiary alicyclic amines) is 1. The van der Waals surface area contributed by atoms with Crippen LogP contribution in [0.25, 0.3) is 0 Å². The van der Waals surface area contributed by atoms with Gasteiger partial charge >= 0.3 is 0 Å². The topological polar surface area (TPSA) is 71.8 Å². The highest BCUT2D eigenvalue weighted by Crippen LogP contribution is 2.44. The van der Waals surface area contributed by atoms with Gasteiger partial charge in [-0.15, -0.1) is 0 Å². The van der Waals surface area contributed by atoms with E-state index in [-0.39, 0.29) is 29.2 Å². The van der Waals surface area contributed by atoms with Gasteiger partial charge in [0.05, 0.1) is 12.2 Å². The summed E-state index contributed by atoms with van der Waals surface area (Å²) in [6.45, 7) is 6.23. The lowest BCUT2D eigenvalue weighted by atomic mass is 9.71. The highest BCUT2D eigenvalue weighted by Gasteiger charge is 2.52. The smallest absolute Gasteiger partial charge is 0.289 e. The average molecular weight is 320 g/mol. The highest BCUT2D eigenvalue weighted by atomic mass is 16.5. The Morgan fingerprint density at radius 2 is 2.09 bits per heavy atom. The Hall–Kier alpha value is -1.82. The van der Waals surface area contributed by atoms with Gasteiger partial charge < -0.3 is 19.4 Å². The van der Waals surface area contributed by atoms with E-state index in [0.29, 0.717) is 32.1 Å². The summed E-state index contributed by atoms with van der Waals surface area (Å²) in [5.41, 5.74) is -0.181. The fourth-order valence-corrected chi connectivity index (χ4v) is 3.71. The molecule has 0 bridgehead atoms. The van der Waals surface area contributed by atoms with E-state index in [0.717, 1.165) is 12.8 Å². The second-order valence-corrected chi connectivity index (χ2v) is 6.85. The molecule has 3 rings (SSSR count). The SMILES string of the molecule is CC(C)NC(=O)[C@H]1CN(C(=O)c2ccco2)CC12CCOCC2. The molecule has 2 fully saturated rings. The van der Waals surface area contributed by atoms with Crippen molar-refractivity contribution >= 4 is 11.8 Å². The minimum Gasteiger partial charge on any atom is -0.459 e. The molecular formula is C17H24N2O4. The van der Waals surface area contributed by atoms with Crippen LogP contribution < -0.4 is 5.32 Å². The van der Waals surface area contributed by atoms with E-state index in [1.807, 2.05) is 13.8 Å². The normalized spacial score (nSPS) is 23.4. The molecule has 1 aromatic rings. The molecule has 2 aliphatic heterocycles. The fourth-order valence-electron chi connectivity index (χ4n) is 3.71. The van der Waals surface area contributed by atoms with Gasteiger partial charge in [0, 0.05) is 37.8 Å². The molecule has 6 nitrogen and oxygen atoms in total. The van der Waals surface area contributed by atoms with Crippen LogP contribution in [0.2, 0.25) is 0 Å². The molecule has 6 heteroatoms. The second kappa shape index (κ2) is 6.35. The summed E-state index contributed by atoms with van der Waals surface area (Å²) < 4.78 is 10.7. The molecule has 1 spiro atoms. The molecule has 0 unspecified atom stereocenters. The zero-order chi connectivity index (χ0) is 16.4. The van der Waals surface area contributed by atoms with E-state index in [1.54, 1.807) is 17.0 Å². The molecule has 0 aromatic carbocycles. The molecule has 126 valence electrons. The monoisotopic (exact) mass is 320 g/mol. The molecule has 1 aromatic heterocycles. The van der Waals surface area contributed by atoms with Gasteiger partial charge in [-0.2, -0.15) is 0 Å². The summed E-state index contributed by atoms with van der Waals surface area (Å²) in [5.74, 6) is 0.0437. The number of carbonyl (C=O) groups excluding carboxylic acids is 2. The van der Waals surface area contributed by atoms with Gasteiger partial charge in [-0.25, -0.2) is 0 Å². The lowest BCUT2D eigenvalue weighted by Gasteiger charge is -2.37. The number of nitrogens with zero attached hydrogens (tertiary/aromatic N) is 1. The third-order valence-corrected chi connectivity index (χ3v) is 4.90. The van der Waals surface area contributed by atoms with Gasteiger partial charge in [0.1, 0.15) is 0 Å². The summed E-state index contributed by atoms with van der Waals surface area (Å²) in [6.07, 6.45) is 3.12. The summed E-state index contributed by atoms with van der Waals surface area (Å²) >= 11 is 0. The van der Waals surface area contributed by atoms with Crippen molar-refractivity contribution in [1.82, 2.24) is 10.2 Å². The van der Waals surface area contributed by atoms with Crippen molar-refractivity contribution in [3.63, 3.8) is 0 Å². The van der Waals surface area contributed by atoms with Crippen molar-refractivity contribution < 1.29 is 18.7 Å². The largest absolute Gasteiger partial charge is 0.459 e. The summed E-state index contributed by atoms with van der Waals surface area (Å²) in [7, 11) is 0. The van der Waals surface area contributed by atoms with E-state index < -0.39 is 0 Å². The third-order valence-electron chi connectivity index (χ3n) is 4.90. The molecule has 23 heavy (non-hydrogen) atoms. The van der Waals surface area contributed by atoms with Crippen LogP contribution in [0, 0.1) is 11.3 Å². The van der Waals surface area contributed by atoms with Gasteiger partial charge in [0.15, 0.2) is 5.76 Å². The van der Waals surface area contributed by atoms with E-state index in [1.165, 1.54) is 6.26 Å². The van der Waals surface area contributed by atoms with Crippen LogP contribution in [-0.4, -0.2) is 49.1 Å². The van der Waals surface area contributed by atoms with E-state index in [4.69, 9.17) is 9.15 Å². The van der Waals surface area contributed by atoms with Gasteiger partial charge in [-0.05, 0) is 38.8 Å². The predicted molar refractivity (Wildman–Crippen MR) is 83.9 cm³/mol. The number of ether oxygens (including phenoxy) is 1. The number of hydrogen-bond donors (Lipinski definition) is 1. The van der Waals surface area contributed by atoms with Crippen LogP contribution in [0.5, 0.6) is 0 Å². The number of amides is 2. The Kier molecular flexibility index (Phi) is 4.43. The molecule has 0 radical (unpaired) electrons. The Morgan fingerprint density at radius 3 is 2.70 bits per heavy atom. The highest BCUT2D eigenvalue weighted by molar-refractivity contribution is 5.92. The number of furan rings is 1. The van der Waals surface area contributed by atoms with Crippen LogP contribution in [0.1, 0.15) is 37.2 Å². The molecule has 0 saturated carbocycles. The van der Waals surface area contributed by atoms with Crippen LogP contribution in [0.15, 0.2) is 22.8 Å². The first-order valence-electron chi connectivity index (χ1n) is 8.23. The average Bonchev–Trinajstić information content (AvgIpc) is 3.15. The molecule has 2 aliphatic rings. The molecule has 2 amide bonds. The predicted octanol–water partition coefficient (Wildman–Crippen LogP) is 1.67. The van der Waals surface area contributed by atoms with E-state index in [2.05, 4.69) is 5.32 Å². The Bertz CT molecular complexity index is 561. The molecule has 1 N–H and O–H groups in total. The molecule has 1 atom stereocenters. The number of hydrogen-bond acceptors (Lipinski definition) is 4. The summed E-state index contributed by atoms with van der Waals surface area (Å²) in [6, 6.07) is 3.46. The molecular weight excluding hydrogens is 296 g/mol. The van der Waals surface area contributed by atoms with Crippen LogP contribution >= 0.6 is 0 Å². The lowest BCUT2D eigenvalue weighted by Crippen LogP contribution is -2.46. The number of rotatable bonds is 3. The van der Waals surface area contributed by atoms with Crippen LogP contribution in [0.3, 0.4) is 0 Å². The van der Waals surface area contributed by atoms with Crippen LogP contribution in [-0.2, 0) is 9.53 Å². The van der Waals surface area contributed by atoms with Crippen LogP contribution in [0.4, 0.5) is 0 Å². The standard InChI is InChI=1S/C17H24N2O4/c1-12(2)18-15(20)13-10-19(16(21)14-4-3-7-23-14)11-17(13)5-8-22-9-6-17/h3-4,7,12-13H,5-6,8-11H2,1-2H3,(H,18,20)/t13-/m1/s1. The maximum absolute atomic E-state index is 12.7. The lowest BCUT2D eigenvalue weighted by molar-refractivity contribution is -0.130. The number of nitrogens with one attached hydrogen (secondary N) is 1.